The second-order valence-corrected chi connectivity index (χ2v) is 4.51. The number of hydrogen-bond acceptors (Lipinski definition) is 5. The van der Waals surface area contributed by atoms with Gasteiger partial charge in [-0.2, -0.15) is 4.98 Å². The van der Waals surface area contributed by atoms with Crippen LogP contribution >= 0.6 is 0 Å². The predicted octanol–water partition coefficient (Wildman–Crippen LogP) is 3.19. The van der Waals surface area contributed by atoms with Gasteiger partial charge in [0.1, 0.15) is 17.4 Å². The van der Waals surface area contributed by atoms with Crippen LogP contribution in [0.5, 0.6) is 11.6 Å². The van der Waals surface area contributed by atoms with Crippen LogP contribution in [0.1, 0.15) is 25.2 Å². The molecule has 0 spiro atoms. The first-order valence-corrected chi connectivity index (χ1v) is 7.15. The molecule has 5 heteroatoms. The van der Waals surface area contributed by atoms with Gasteiger partial charge in [-0.3, -0.25) is 0 Å². The molecular formula is C16H21N3O2. The number of aryl methyl sites for hydroxylation is 1. The van der Waals surface area contributed by atoms with Gasteiger partial charge in [-0.1, -0.05) is 12.1 Å². The van der Waals surface area contributed by atoms with Crippen LogP contribution in [0.4, 0.5) is 5.82 Å². The van der Waals surface area contributed by atoms with Gasteiger partial charge in [0.25, 0.3) is 0 Å². The number of aromatic nitrogens is 2. The minimum absolute atomic E-state index is 0.590. The van der Waals surface area contributed by atoms with Crippen LogP contribution in [0, 0.1) is 6.92 Å². The molecule has 1 aromatic heterocycles. The first kappa shape index (κ1) is 15.1. The highest BCUT2D eigenvalue weighted by atomic mass is 16.5. The van der Waals surface area contributed by atoms with Crippen LogP contribution in [0.2, 0.25) is 0 Å². The van der Waals surface area contributed by atoms with Crippen molar-refractivity contribution in [1.29, 1.82) is 0 Å². The van der Waals surface area contributed by atoms with E-state index in [0.717, 1.165) is 17.1 Å². The highest BCUT2D eigenvalue weighted by Crippen LogP contribution is 2.17. The summed E-state index contributed by atoms with van der Waals surface area (Å²) in [6, 6.07) is 9.82. The number of nitrogens with zero attached hydrogens (tertiary/aromatic N) is 2. The number of rotatable bonds is 7. The Morgan fingerprint density at radius 2 is 1.86 bits per heavy atom. The van der Waals surface area contributed by atoms with Gasteiger partial charge in [0.2, 0.25) is 5.88 Å². The van der Waals surface area contributed by atoms with Gasteiger partial charge in [-0.25, -0.2) is 4.98 Å². The minimum Gasteiger partial charge on any atom is -0.494 e. The van der Waals surface area contributed by atoms with Gasteiger partial charge in [0.15, 0.2) is 0 Å². The van der Waals surface area contributed by atoms with E-state index in [1.165, 1.54) is 0 Å². The van der Waals surface area contributed by atoms with Gasteiger partial charge in [0.05, 0.1) is 13.2 Å². The lowest BCUT2D eigenvalue weighted by Crippen LogP contribution is -2.05. The van der Waals surface area contributed by atoms with Crippen molar-refractivity contribution in [3.8, 4) is 11.6 Å². The van der Waals surface area contributed by atoms with Crippen molar-refractivity contribution < 1.29 is 9.47 Å². The topological polar surface area (TPSA) is 56.3 Å². The second kappa shape index (κ2) is 7.47. The predicted molar refractivity (Wildman–Crippen MR) is 82.9 cm³/mol. The molecule has 0 amide bonds. The summed E-state index contributed by atoms with van der Waals surface area (Å²) < 4.78 is 10.9. The zero-order chi connectivity index (χ0) is 15.1. The Labute approximate surface area is 125 Å². The summed E-state index contributed by atoms with van der Waals surface area (Å²) in [5, 5.41) is 3.28. The Morgan fingerprint density at radius 1 is 1.05 bits per heavy atom. The Hall–Kier alpha value is -2.30. The fraction of sp³-hybridized carbons (Fsp3) is 0.375. The fourth-order valence-corrected chi connectivity index (χ4v) is 1.96. The number of anilines is 1. The van der Waals surface area contributed by atoms with Gasteiger partial charge in [-0.05, 0) is 38.5 Å². The quantitative estimate of drug-likeness (QED) is 0.847. The Kier molecular flexibility index (Phi) is 5.37. The summed E-state index contributed by atoms with van der Waals surface area (Å²) in [4.78, 5) is 8.58. The van der Waals surface area contributed by atoms with Gasteiger partial charge in [-0.15, -0.1) is 0 Å². The normalized spacial score (nSPS) is 10.2. The Morgan fingerprint density at radius 3 is 2.62 bits per heavy atom. The van der Waals surface area contributed by atoms with Crippen molar-refractivity contribution in [3.63, 3.8) is 0 Å². The lowest BCUT2D eigenvalue weighted by molar-refractivity contribution is 0.325. The van der Waals surface area contributed by atoms with Gasteiger partial charge >= 0.3 is 0 Å². The molecule has 0 aliphatic carbocycles. The lowest BCUT2D eigenvalue weighted by atomic mass is 10.2. The SMILES string of the molecule is CCOc1cccc(CNc2cc(OCC)nc(C)n2)c1. The Balaban J connectivity index is 2.03. The van der Waals surface area contributed by atoms with E-state index in [-0.39, 0.29) is 0 Å². The molecule has 1 heterocycles. The zero-order valence-electron chi connectivity index (χ0n) is 12.7. The Bertz CT molecular complexity index is 587. The molecule has 0 aliphatic heterocycles. The van der Waals surface area contributed by atoms with E-state index >= 15 is 0 Å². The molecule has 0 atom stereocenters. The maximum atomic E-state index is 5.50. The van der Waals surface area contributed by atoms with Crippen LogP contribution < -0.4 is 14.8 Å². The number of benzene rings is 1. The van der Waals surface area contributed by atoms with E-state index in [1.807, 2.05) is 51.1 Å². The van der Waals surface area contributed by atoms with Crippen molar-refractivity contribution in [2.75, 3.05) is 18.5 Å². The molecule has 21 heavy (non-hydrogen) atoms. The van der Waals surface area contributed by atoms with Gasteiger partial charge in [0, 0.05) is 12.6 Å². The fourth-order valence-electron chi connectivity index (χ4n) is 1.96. The van der Waals surface area contributed by atoms with E-state index in [0.29, 0.717) is 31.5 Å². The summed E-state index contributed by atoms with van der Waals surface area (Å²) in [5.74, 6) is 2.92. The summed E-state index contributed by atoms with van der Waals surface area (Å²) in [5.41, 5.74) is 1.13. The third-order valence-corrected chi connectivity index (χ3v) is 2.79. The molecule has 0 fully saturated rings. The van der Waals surface area contributed by atoms with Crippen LogP contribution in [-0.4, -0.2) is 23.2 Å². The minimum atomic E-state index is 0.590. The number of hydrogen-bond donors (Lipinski definition) is 1. The summed E-state index contributed by atoms with van der Waals surface area (Å²) in [6.07, 6.45) is 0. The first-order chi connectivity index (χ1) is 10.2. The molecule has 1 N–H and O–H groups in total. The largest absolute Gasteiger partial charge is 0.494 e. The van der Waals surface area contributed by atoms with Crippen molar-refractivity contribution in [1.82, 2.24) is 9.97 Å². The molecule has 0 saturated carbocycles. The maximum Gasteiger partial charge on any atom is 0.218 e. The average molecular weight is 287 g/mol. The molecule has 0 bridgehead atoms. The standard InChI is InChI=1S/C16H21N3O2/c1-4-20-14-8-6-7-13(9-14)11-17-15-10-16(21-5-2)19-12(3)18-15/h6-10H,4-5,11H2,1-3H3,(H,17,18,19). The van der Waals surface area contributed by atoms with E-state index in [9.17, 15) is 0 Å². The third kappa shape index (κ3) is 4.63. The zero-order valence-corrected chi connectivity index (χ0v) is 12.7. The molecule has 2 aromatic rings. The first-order valence-electron chi connectivity index (χ1n) is 7.15. The van der Waals surface area contributed by atoms with E-state index in [2.05, 4.69) is 15.3 Å². The second-order valence-electron chi connectivity index (χ2n) is 4.51. The number of nitrogens with one attached hydrogen (secondary N) is 1. The highest BCUT2D eigenvalue weighted by Gasteiger charge is 2.03. The summed E-state index contributed by atoms with van der Waals surface area (Å²) in [7, 11) is 0. The van der Waals surface area contributed by atoms with Crippen LogP contribution in [0.15, 0.2) is 30.3 Å². The molecule has 0 aliphatic rings. The highest BCUT2D eigenvalue weighted by molar-refractivity contribution is 5.40. The molecule has 0 saturated heterocycles. The molecule has 112 valence electrons. The number of ether oxygens (including phenoxy) is 2. The smallest absolute Gasteiger partial charge is 0.218 e. The van der Waals surface area contributed by atoms with Crippen LogP contribution in [0.25, 0.3) is 0 Å². The molecular weight excluding hydrogens is 266 g/mol. The van der Waals surface area contributed by atoms with Crippen molar-refractivity contribution in [2.45, 2.75) is 27.3 Å². The summed E-state index contributed by atoms with van der Waals surface area (Å²) in [6.45, 7) is 7.69. The lowest BCUT2D eigenvalue weighted by Gasteiger charge is -2.10. The molecule has 0 unspecified atom stereocenters. The van der Waals surface area contributed by atoms with E-state index in [1.54, 1.807) is 0 Å². The monoisotopic (exact) mass is 287 g/mol. The maximum absolute atomic E-state index is 5.50. The molecule has 1 aromatic carbocycles. The van der Waals surface area contributed by atoms with Crippen molar-refractivity contribution >= 4 is 5.82 Å². The third-order valence-electron chi connectivity index (χ3n) is 2.79. The van der Waals surface area contributed by atoms with Crippen LogP contribution in [0.3, 0.4) is 0 Å². The molecule has 0 radical (unpaired) electrons. The summed E-state index contributed by atoms with van der Waals surface area (Å²) >= 11 is 0. The molecule has 2 rings (SSSR count). The van der Waals surface area contributed by atoms with Crippen molar-refractivity contribution in [2.24, 2.45) is 0 Å². The van der Waals surface area contributed by atoms with E-state index in [4.69, 9.17) is 9.47 Å². The van der Waals surface area contributed by atoms with E-state index < -0.39 is 0 Å². The van der Waals surface area contributed by atoms with Crippen molar-refractivity contribution in [3.05, 3.63) is 41.7 Å². The van der Waals surface area contributed by atoms with Crippen LogP contribution in [-0.2, 0) is 6.54 Å². The average Bonchev–Trinajstić information content (AvgIpc) is 2.46. The van der Waals surface area contributed by atoms with Gasteiger partial charge < -0.3 is 14.8 Å². The molecule has 5 nitrogen and oxygen atoms in total.